The summed E-state index contributed by atoms with van der Waals surface area (Å²) >= 11 is 0. The highest BCUT2D eigenvalue weighted by Gasteiger charge is 2.25. The van der Waals surface area contributed by atoms with Crippen molar-refractivity contribution in [3.63, 3.8) is 0 Å². The van der Waals surface area contributed by atoms with Gasteiger partial charge in [0.15, 0.2) is 0 Å². The molecule has 0 radical (unpaired) electrons. The standard InChI is InChI=1S/C12H13NO/c1-2-4-11-9(3-1)7-12(13-11)10-5-6-14-8-10/h1-4,10H,5-8H2. The van der Waals surface area contributed by atoms with Crippen LogP contribution in [0.5, 0.6) is 0 Å². The Morgan fingerprint density at radius 3 is 3.00 bits per heavy atom. The second-order valence-corrected chi connectivity index (χ2v) is 3.97. The molecule has 2 nitrogen and oxygen atoms in total. The smallest absolute Gasteiger partial charge is 0.0665 e. The third-order valence-electron chi connectivity index (χ3n) is 3.03. The van der Waals surface area contributed by atoms with E-state index in [9.17, 15) is 0 Å². The number of rotatable bonds is 1. The first-order valence-electron chi connectivity index (χ1n) is 5.16. The molecule has 1 aromatic rings. The minimum atomic E-state index is 0.572. The summed E-state index contributed by atoms with van der Waals surface area (Å²) < 4.78 is 5.39. The molecule has 3 rings (SSSR count). The molecule has 14 heavy (non-hydrogen) atoms. The lowest BCUT2D eigenvalue weighted by atomic mass is 9.98. The first-order chi connectivity index (χ1) is 6.93. The van der Waals surface area contributed by atoms with Gasteiger partial charge in [0.05, 0.1) is 12.3 Å². The monoisotopic (exact) mass is 187 g/mol. The zero-order valence-corrected chi connectivity index (χ0v) is 8.07. The van der Waals surface area contributed by atoms with E-state index in [-0.39, 0.29) is 0 Å². The lowest BCUT2D eigenvalue weighted by Gasteiger charge is -2.05. The fourth-order valence-corrected chi connectivity index (χ4v) is 2.19. The molecule has 1 atom stereocenters. The van der Waals surface area contributed by atoms with Crippen molar-refractivity contribution in [2.75, 3.05) is 13.2 Å². The van der Waals surface area contributed by atoms with Gasteiger partial charge in [0.25, 0.3) is 0 Å². The normalized spacial score (nSPS) is 24.9. The molecule has 2 heterocycles. The maximum Gasteiger partial charge on any atom is 0.0665 e. The van der Waals surface area contributed by atoms with Crippen LogP contribution in [0.3, 0.4) is 0 Å². The molecule has 0 N–H and O–H groups in total. The molecule has 0 spiro atoms. The van der Waals surface area contributed by atoms with Gasteiger partial charge < -0.3 is 4.74 Å². The summed E-state index contributed by atoms with van der Waals surface area (Å²) in [4.78, 5) is 4.67. The Bertz CT molecular complexity index is 378. The molecule has 0 aliphatic carbocycles. The molecule has 1 unspecified atom stereocenters. The summed E-state index contributed by atoms with van der Waals surface area (Å²) in [6.45, 7) is 1.77. The summed E-state index contributed by atoms with van der Waals surface area (Å²) in [5.74, 6) is 0.572. The van der Waals surface area contributed by atoms with E-state index in [4.69, 9.17) is 4.74 Å². The minimum Gasteiger partial charge on any atom is -0.381 e. The number of fused-ring (bicyclic) bond motifs is 1. The average Bonchev–Trinajstić information content (AvgIpc) is 2.86. The van der Waals surface area contributed by atoms with Crippen LogP contribution in [0.2, 0.25) is 0 Å². The van der Waals surface area contributed by atoms with Gasteiger partial charge in [-0.05, 0) is 18.1 Å². The summed E-state index contributed by atoms with van der Waals surface area (Å²) in [6.07, 6.45) is 2.18. The number of hydrogen-bond acceptors (Lipinski definition) is 2. The minimum absolute atomic E-state index is 0.572. The van der Waals surface area contributed by atoms with Crippen molar-refractivity contribution < 1.29 is 4.74 Å². The predicted octanol–water partition coefficient (Wildman–Crippen LogP) is 2.35. The van der Waals surface area contributed by atoms with Crippen LogP contribution >= 0.6 is 0 Å². The fourth-order valence-electron chi connectivity index (χ4n) is 2.19. The van der Waals surface area contributed by atoms with Crippen LogP contribution in [-0.2, 0) is 11.2 Å². The molecular weight excluding hydrogens is 174 g/mol. The van der Waals surface area contributed by atoms with Gasteiger partial charge in [-0.1, -0.05) is 18.2 Å². The van der Waals surface area contributed by atoms with Gasteiger partial charge in [0.2, 0.25) is 0 Å². The zero-order chi connectivity index (χ0) is 9.38. The second-order valence-electron chi connectivity index (χ2n) is 3.97. The first-order valence-corrected chi connectivity index (χ1v) is 5.16. The summed E-state index contributed by atoms with van der Waals surface area (Å²) in [6, 6.07) is 8.40. The van der Waals surface area contributed by atoms with E-state index in [0.717, 1.165) is 31.7 Å². The molecule has 1 saturated heterocycles. The second kappa shape index (κ2) is 3.21. The Morgan fingerprint density at radius 1 is 1.29 bits per heavy atom. The highest BCUT2D eigenvalue weighted by molar-refractivity contribution is 5.95. The van der Waals surface area contributed by atoms with E-state index < -0.39 is 0 Å². The molecule has 2 heteroatoms. The Kier molecular flexibility index (Phi) is 1.88. The maximum atomic E-state index is 5.39. The van der Waals surface area contributed by atoms with Crippen molar-refractivity contribution in [3.8, 4) is 0 Å². The molecular formula is C12H13NO. The summed E-state index contributed by atoms with van der Waals surface area (Å²) in [5, 5.41) is 0. The Morgan fingerprint density at radius 2 is 2.21 bits per heavy atom. The molecule has 0 amide bonds. The van der Waals surface area contributed by atoms with Crippen molar-refractivity contribution in [1.82, 2.24) is 0 Å². The van der Waals surface area contributed by atoms with E-state index in [1.54, 1.807) is 0 Å². The lowest BCUT2D eigenvalue weighted by Crippen LogP contribution is -2.14. The Balaban J connectivity index is 1.87. The van der Waals surface area contributed by atoms with Crippen molar-refractivity contribution in [3.05, 3.63) is 29.8 Å². The van der Waals surface area contributed by atoms with Gasteiger partial charge in [0.1, 0.15) is 0 Å². The summed E-state index contributed by atoms with van der Waals surface area (Å²) in [5.41, 5.74) is 3.85. The van der Waals surface area contributed by atoms with Crippen molar-refractivity contribution >= 4 is 11.4 Å². The average molecular weight is 187 g/mol. The van der Waals surface area contributed by atoms with E-state index in [0.29, 0.717) is 5.92 Å². The van der Waals surface area contributed by atoms with E-state index in [2.05, 4.69) is 29.3 Å². The highest BCUT2D eigenvalue weighted by Crippen LogP contribution is 2.30. The van der Waals surface area contributed by atoms with E-state index >= 15 is 0 Å². The van der Waals surface area contributed by atoms with Crippen molar-refractivity contribution in [2.24, 2.45) is 10.9 Å². The lowest BCUT2D eigenvalue weighted by molar-refractivity contribution is 0.193. The molecule has 2 aliphatic heterocycles. The quantitative estimate of drug-likeness (QED) is 0.661. The third-order valence-corrected chi connectivity index (χ3v) is 3.03. The fraction of sp³-hybridized carbons (Fsp3) is 0.417. The summed E-state index contributed by atoms with van der Waals surface area (Å²) in [7, 11) is 0. The largest absolute Gasteiger partial charge is 0.381 e. The molecule has 72 valence electrons. The number of aliphatic imine (C=N–C) groups is 1. The van der Waals surface area contributed by atoms with Gasteiger partial charge in [-0.3, -0.25) is 4.99 Å². The van der Waals surface area contributed by atoms with E-state index in [1.165, 1.54) is 11.3 Å². The van der Waals surface area contributed by atoms with Crippen LogP contribution < -0.4 is 0 Å². The maximum absolute atomic E-state index is 5.39. The number of para-hydroxylation sites is 1. The first kappa shape index (κ1) is 8.18. The predicted molar refractivity (Wildman–Crippen MR) is 56.2 cm³/mol. The van der Waals surface area contributed by atoms with Crippen LogP contribution in [0.4, 0.5) is 5.69 Å². The van der Waals surface area contributed by atoms with Crippen LogP contribution in [-0.4, -0.2) is 18.9 Å². The topological polar surface area (TPSA) is 21.6 Å². The van der Waals surface area contributed by atoms with Crippen LogP contribution in [0.25, 0.3) is 0 Å². The molecule has 0 bridgehead atoms. The molecule has 1 fully saturated rings. The zero-order valence-electron chi connectivity index (χ0n) is 8.07. The molecule has 0 aromatic heterocycles. The van der Waals surface area contributed by atoms with Crippen LogP contribution in [0, 0.1) is 5.92 Å². The van der Waals surface area contributed by atoms with Gasteiger partial charge in [-0.2, -0.15) is 0 Å². The van der Waals surface area contributed by atoms with Gasteiger partial charge >= 0.3 is 0 Å². The Hall–Kier alpha value is -1.15. The van der Waals surface area contributed by atoms with E-state index in [1.807, 2.05) is 0 Å². The number of benzene rings is 1. The van der Waals surface area contributed by atoms with Gasteiger partial charge in [-0.15, -0.1) is 0 Å². The highest BCUT2D eigenvalue weighted by atomic mass is 16.5. The van der Waals surface area contributed by atoms with Crippen LogP contribution in [0.15, 0.2) is 29.3 Å². The Labute approximate surface area is 83.6 Å². The van der Waals surface area contributed by atoms with Crippen molar-refractivity contribution in [1.29, 1.82) is 0 Å². The van der Waals surface area contributed by atoms with Gasteiger partial charge in [-0.25, -0.2) is 0 Å². The molecule has 2 aliphatic rings. The SMILES string of the molecule is c1ccc2c(c1)CC(C1CCOC1)=N2. The number of ether oxygens (including phenoxy) is 1. The van der Waals surface area contributed by atoms with Crippen molar-refractivity contribution in [2.45, 2.75) is 12.8 Å². The van der Waals surface area contributed by atoms with Crippen LogP contribution in [0.1, 0.15) is 12.0 Å². The molecule has 0 saturated carbocycles. The van der Waals surface area contributed by atoms with Gasteiger partial charge in [0, 0.05) is 24.7 Å². The number of nitrogens with zero attached hydrogens (tertiary/aromatic N) is 1. The third kappa shape index (κ3) is 1.26. The number of hydrogen-bond donors (Lipinski definition) is 0. The molecule has 1 aromatic carbocycles.